The molecule has 1 aromatic carbocycles. The lowest BCUT2D eigenvalue weighted by Crippen LogP contribution is -2.42. The number of halogens is 3. The molecule has 0 radical (unpaired) electrons. The number of alkyl halides is 3. The van der Waals surface area contributed by atoms with Crippen molar-refractivity contribution in [2.45, 2.75) is 19.7 Å². The highest BCUT2D eigenvalue weighted by Crippen LogP contribution is 2.32. The summed E-state index contributed by atoms with van der Waals surface area (Å²) in [5.41, 5.74) is -0.0700. The third-order valence-corrected chi connectivity index (χ3v) is 3.35. The summed E-state index contributed by atoms with van der Waals surface area (Å²) < 4.78 is 43.5. The molecule has 0 spiro atoms. The van der Waals surface area contributed by atoms with E-state index >= 15 is 0 Å². The van der Waals surface area contributed by atoms with Gasteiger partial charge in [0.2, 0.25) is 0 Å². The molecule has 2 rings (SSSR count). The predicted octanol–water partition coefficient (Wildman–Crippen LogP) is 2.50. The maximum Gasteiger partial charge on any atom is 0.416 e. The molecule has 0 fully saturated rings. The van der Waals surface area contributed by atoms with Crippen molar-refractivity contribution in [2.75, 3.05) is 6.54 Å². The lowest BCUT2D eigenvalue weighted by Gasteiger charge is -2.21. The zero-order valence-corrected chi connectivity index (χ0v) is 12.4. The molecule has 1 heterocycles. The van der Waals surface area contributed by atoms with Crippen molar-refractivity contribution in [2.24, 2.45) is 0 Å². The molecule has 0 saturated carbocycles. The Kier molecular flexibility index (Phi) is 4.70. The number of ether oxygens (including phenoxy) is 1. The molecule has 0 aromatic heterocycles. The van der Waals surface area contributed by atoms with Crippen LogP contribution in [-0.4, -0.2) is 17.6 Å². The molecule has 22 heavy (non-hydrogen) atoms. The van der Waals surface area contributed by atoms with Gasteiger partial charge in [-0.25, -0.2) is 4.79 Å². The number of carbonyl (C=O) groups is 1. The lowest BCUT2D eigenvalue weighted by molar-refractivity contribution is -0.144. The second kappa shape index (κ2) is 6.35. The van der Waals surface area contributed by atoms with Crippen molar-refractivity contribution < 1.29 is 22.7 Å². The first-order valence-corrected chi connectivity index (χ1v) is 6.76. The molecule has 1 aromatic rings. The van der Waals surface area contributed by atoms with E-state index in [9.17, 15) is 18.0 Å². The summed E-state index contributed by atoms with van der Waals surface area (Å²) in [5, 5.41) is 5.91. The molecular weight excluding hydrogens is 317 g/mol. The number of hydrogen-bond acceptors (Lipinski definition) is 3. The predicted molar refractivity (Wildman–Crippen MR) is 77.7 cm³/mol. The van der Waals surface area contributed by atoms with Crippen LogP contribution in [0.5, 0.6) is 0 Å². The van der Waals surface area contributed by atoms with Crippen LogP contribution >= 0.6 is 12.2 Å². The minimum absolute atomic E-state index is 0.0890. The van der Waals surface area contributed by atoms with Gasteiger partial charge in [0.15, 0.2) is 5.11 Å². The van der Waals surface area contributed by atoms with E-state index in [2.05, 4.69) is 10.6 Å². The second-order valence-electron chi connectivity index (χ2n) is 4.64. The summed E-state index contributed by atoms with van der Waals surface area (Å²) >= 11 is 4.89. The van der Waals surface area contributed by atoms with Gasteiger partial charge in [0.25, 0.3) is 0 Å². The maximum atomic E-state index is 12.8. The van der Waals surface area contributed by atoms with Crippen molar-refractivity contribution in [3.63, 3.8) is 0 Å². The first-order chi connectivity index (χ1) is 10.3. The summed E-state index contributed by atoms with van der Waals surface area (Å²) in [6.45, 7) is 1.38. The van der Waals surface area contributed by atoms with Gasteiger partial charge in [-0.2, -0.15) is 13.2 Å². The van der Waals surface area contributed by atoms with E-state index in [1.165, 1.54) is 18.2 Å². The van der Waals surface area contributed by atoms with Gasteiger partial charge in [-0.1, -0.05) is 18.2 Å². The number of rotatable bonds is 3. The minimum atomic E-state index is -4.49. The lowest BCUT2D eigenvalue weighted by atomic mass is 10.1. The molecule has 2 N–H and O–H groups in total. The molecule has 0 unspecified atom stereocenters. The fraction of sp³-hybridized carbons (Fsp3) is 0.286. The summed E-state index contributed by atoms with van der Waals surface area (Å²) in [4.78, 5) is 12.0. The number of thiocarbonyl (C=S) groups is 1. The smallest absolute Gasteiger partial charge is 0.416 e. The van der Waals surface area contributed by atoms with Crippen LogP contribution in [0.2, 0.25) is 0 Å². The van der Waals surface area contributed by atoms with Gasteiger partial charge in [0.1, 0.15) is 6.61 Å². The average Bonchev–Trinajstić information content (AvgIpc) is 2.44. The van der Waals surface area contributed by atoms with E-state index in [4.69, 9.17) is 17.0 Å². The van der Waals surface area contributed by atoms with Crippen molar-refractivity contribution >= 4 is 23.3 Å². The largest absolute Gasteiger partial charge is 0.457 e. The van der Waals surface area contributed by atoms with E-state index in [1.54, 1.807) is 6.92 Å². The quantitative estimate of drug-likeness (QED) is 0.659. The fourth-order valence-electron chi connectivity index (χ4n) is 1.97. The van der Waals surface area contributed by atoms with Crippen molar-refractivity contribution in [1.82, 2.24) is 10.6 Å². The fourth-order valence-corrected chi connectivity index (χ4v) is 2.19. The zero-order valence-electron chi connectivity index (χ0n) is 11.6. The van der Waals surface area contributed by atoms with E-state index < -0.39 is 24.3 Å². The molecule has 4 nitrogen and oxygen atoms in total. The van der Waals surface area contributed by atoms with Crippen LogP contribution in [0.4, 0.5) is 13.2 Å². The Bertz CT molecular complexity index is 641. The van der Waals surface area contributed by atoms with E-state index in [1.807, 2.05) is 0 Å². The van der Waals surface area contributed by atoms with Gasteiger partial charge in [-0.05, 0) is 25.2 Å². The molecular formula is C14H13F3N2O2S. The topological polar surface area (TPSA) is 50.4 Å². The Labute approximate surface area is 130 Å². The summed E-state index contributed by atoms with van der Waals surface area (Å²) in [5.74, 6) is -0.683. The molecule has 118 valence electrons. The minimum Gasteiger partial charge on any atom is -0.457 e. The Morgan fingerprint density at radius 2 is 2.05 bits per heavy atom. The number of carbonyl (C=O) groups excluding carboxylic acids is 1. The van der Waals surface area contributed by atoms with E-state index in [-0.39, 0.29) is 12.1 Å². The Balaban J connectivity index is 2.10. The first kappa shape index (κ1) is 16.3. The zero-order chi connectivity index (χ0) is 16.3. The van der Waals surface area contributed by atoms with E-state index in [0.29, 0.717) is 16.4 Å². The van der Waals surface area contributed by atoms with Crippen molar-refractivity contribution in [1.29, 1.82) is 0 Å². The number of nitrogens with one attached hydrogen (secondary N) is 2. The van der Waals surface area contributed by atoms with Crippen LogP contribution in [0, 0.1) is 0 Å². The molecule has 0 saturated heterocycles. The number of hydrogen-bond donors (Lipinski definition) is 2. The van der Waals surface area contributed by atoms with Crippen molar-refractivity contribution in [3.05, 3.63) is 46.7 Å². The normalized spacial score (nSPS) is 15.2. The molecule has 0 aliphatic carbocycles. The van der Waals surface area contributed by atoms with E-state index in [0.717, 1.165) is 6.07 Å². The van der Waals surface area contributed by atoms with Gasteiger partial charge < -0.3 is 15.4 Å². The molecule has 0 atom stereocenters. The first-order valence-electron chi connectivity index (χ1n) is 6.36. The molecule has 1 aliphatic heterocycles. The van der Waals surface area contributed by atoms with Crippen LogP contribution in [0.15, 0.2) is 35.5 Å². The molecule has 0 bridgehead atoms. The highest BCUT2D eigenvalue weighted by molar-refractivity contribution is 7.80. The summed E-state index contributed by atoms with van der Waals surface area (Å²) in [6, 6.07) is 4.99. The van der Waals surface area contributed by atoms with Crippen molar-refractivity contribution in [3.8, 4) is 0 Å². The van der Waals surface area contributed by atoms with Gasteiger partial charge in [-0.15, -0.1) is 0 Å². The van der Waals surface area contributed by atoms with Crippen LogP contribution < -0.4 is 10.6 Å². The Morgan fingerprint density at radius 3 is 2.68 bits per heavy atom. The monoisotopic (exact) mass is 330 g/mol. The summed E-state index contributed by atoms with van der Waals surface area (Å²) in [6.07, 6.45) is -4.49. The summed E-state index contributed by atoms with van der Waals surface area (Å²) in [7, 11) is 0. The number of esters is 1. The second-order valence-corrected chi connectivity index (χ2v) is 5.05. The highest BCUT2D eigenvalue weighted by atomic mass is 32.1. The highest BCUT2D eigenvalue weighted by Gasteiger charge is 2.33. The number of benzene rings is 1. The van der Waals surface area contributed by atoms with Crippen LogP contribution in [-0.2, 0) is 22.3 Å². The molecule has 8 heteroatoms. The van der Waals surface area contributed by atoms with Gasteiger partial charge in [-0.3, -0.25) is 0 Å². The standard InChI is InChI=1S/C14H13F3N2O2S/c1-8-10(6-18-13(22)19-8)12(20)21-7-9-4-2-3-5-11(9)14(15,16)17/h2-5H,6-7H2,1H3,(H2,18,19,22). The number of allylic oxidation sites excluding steroid dienone is 1. The van der Waals surface area contributed by atoms with Crippen LogP contribution in [0.25, 0.3) is 0 Å². The molecule has 0 amide bonds. The average molecular weight is 330 g/mol. The Hall–Kier alpha value is -2.09. The third kappa shape index (κ3) is 3.76. The maximum absolute atomic E-state index is 12.8. The van der Waals surface area contributed by atoms with Gasteiger partial charge in [0, 0.05) is 11.3 Å². The van der Waals surface area contributed by atoms with Crippen LogP contribution in [0.3, 0.4) is 0 Å². The third-order valence-electron chi connectivity index (χ3n) is 3.11. The SMILES string of the molecule is CC1=C(C(=O)OCc2ccccc2C(F)(F)F)CNC(=S)N1. The Morgan fingerprint density at radius 1 is 1.36 bits per heavy atom. The van der Waals surface area contributed by atoms with Gasteiger partial charge >= 0.3 is 12.1 Å². The molecule has 1 aliphatic rings. The van der Waals surface area contributed by atoms with Crippen LogP contribution in [0.1, 0.15) is 18.1 Å². The van der Waals surface area contributed by atoms with Gasteiger partial charge in [0.05, 0.1) is 17.7 Å².